The Labute approximate surface area is 124 Å². The number of nitrogens with one attached hydrogen (secondary N) is 1. The van der Waals surface area contributed by atoms with E-state index in [0.29, 0.717) is 12.1 Å². The molecule has 1 N–H and O–H groups in total. The van der Waals surface area contributed by atoms with Crippen LogP contribution in [0.25, 0.3) is 0 Å². The van der Waals surface area contributed by atoms with E-state index in [1.165, 1.54) is 17.8 Å². The lowest BCUT2D eigenvalue weighted by Gasteiger charge is -2.42. The van der Waals surface area contributed by atoms with Gasteiger partial charge >= 0.3 is 0 Å². The number of nitrogens with zero attached hydrogens (tertiary/aromatic N) is 2. The van der Waals surface area contributed by atoms with Gasteiger partial charge in [-0.3, -0.25) is 0 Å². The third-order valence-corrected chi connectivity index (χ3v) is 4.63. The molecule has 1 aliphatic heterocycles. The highest BCUT2D eigenvalue weighted by Gasteiger charge is 2.27. The SMILES string of the molecule is CCC(C)C1CN(c2ccc(N(C)C)cc2)C(C)CN1. The molecular formula is C17H29N3. The fraction of sp³-hybridized carbons (Fsp3) is 0.647. The van der Waals surface area contributed by atoms with Gasteiger partial charge in [0.1, 0.15) is 0 Å². The fourth-order valence-corrected chi connectivity index (χ4v) is 2.86. The van der Waals surface area contributed by atoms with Gasteiger partial charge in [-0.1, -0.05) is 20.3 Å². The number of hydrogen-bond donors (Lipinski definition) is 1. The van der Waals surface area contributed by atoms with Gasteiger partial charge in [-0.2, -0.15) is 0 Å². The first-order valence-corrected chi connectivity index (χ1v) is 7.80. The van der Waals surface area contributed by atoms with E-state index in [1.54, 1.807) is 0 Å². The van der Waals surface area contributed by atoms with Crippen LogP contribution < -0.4 is 15.1 Å². The van der Waals surface area contributed by atoms with E-state index in [9.17, 15) is 0 Å². The number of hydrogen-bond acceptors (Lipinski definition) is 3. The van der Waals surface area contributed by atoms with Crippen molar-refractivity contribution in [3.63, 3.8) is 0 Å². The zero-order chi connectivity index (χ0) is 14.7. The van der Waals surface area contributed by atoms with Crippen molar-refractivity contribution in [2.75, 3.05) is 37.0 Å². The molecule has 1 heterocycles. The standard InChI is InChI=1S/C17H29N3/c1-6-13(2)17-12-20(14(3)11-18-17)16-9-7-15(8-10-16)19(4)5/h7-10,13-14,17-18H,6,11-12H2,1-5H3. The maximum atomic E-state index is 3.70. The van der Waals surface area contributed by atoms with Crippen molar-refractivity contribution >= 4 is 11.4 Å². The Morgan fingerprint density at radius 3 is 2.50 bits per heavy atom. The predicted molar refractivity (Wildman–Crippen MR) is 88.8 cm³/mol. The van der Waals surface area contributed by atoms with Crippen LogP contribution in [0.5, 0.6) is 0 Å². The minimum atomic E-state index is 0.556. The molecule has 3 heteroatoms. The van der Waals surface area contributed by atoms with E-state index < -0.39 is 0 Å². The predicted octanol–water partition coefficient (Wildman–Crippen LogP) is 2.97. The third-order valence-electron chi connectivity index (χ3n) is 4.63. The highest BCUT2D eigenvalue weighted by Crippen LogP contribution is 2.25. The highest BCUT2D eigenvalue weighted by atomic mass is 15.2. The van der Waals surface area contributed by atoms with E-state index in [2.05, 4.69) is 74.2 Å². The molecule has 1 aromatic rings. The van der Waals surface area contributed by atoms with Gasteiger partial charge in [0.15, 0.2) is 0 Å². The second-order valence-corrected chi connectivity index (χ2v) is 6.31. The summed E-state index contributed by atoms with van der Waals surface area (Å²) >= 11 is 0. The summed E-state index contributed by atoms with van der Waals surface area (Å²) in [5.74, 6) is 0.728. The van der Waals surface area contributed by atoms with Crippen molar-refractivity contribution in [1.29, 1.82) is 0 Å². The maximum absolute atomic E-state index is 3.70. The summed E-state index contributed by atoms with van der Waals surface area (Å²) in [5, 5.41) is 3.70. The molecule has 0 bridgehead atoms. The number of benzene rings is 1. The summed E-state index contributed by atoms with van der Waals surface area (Å²) in [7, 11) is 4.17. The molecule has 0 aromatic heterocycles. The summed E-state index contributed by atoms with van der Waals surface area (Å²) in [6.07, 6.45) is 1.24. The topological polar surface area (TPSA) is 18.5 Å². The van der Waals surface area contributed by atoms with Crippen molar-refractivity contribution in [2.24, 2.45) is 5.92 Å². The number of rotatable bonds is 4. The Kier molecular flexibility index (Phi) is 4.92. The average molecular weight is 275 g/mol. The van der Waals surface area contributed by atoms with Crippen molar-refractivity contribution in [2.45, 2.75) is 39.3 Å². The smallest absolute Gasteiger partial charge is 0.0387 e. The Hall–Kier alpha value is -1.22. The molecule has 0 radical (unpaired) electrons. The van der Waals surface area contributed by atoms with Crippen LogP contribution in [-0.4, -0.2) is 39.3 Å². The lowest BCUT2D eigenvalue weighted by molar-refractivity contribution is 0.316. The van der Waals surface area contributed by atoms with Crippen molar-refractivity contribution in [1.82, 2.24) is 5.32 Å². The fourth-order valence-electron chi connectivity index (χ4n) is 2.86. The van der Waals surface area contributed by atoms with Crippen LogP contribution in [0.4, 0.5) is 11.4 Å². The Morgan fingerprint density at radius 1 is 1.30 bits per heavy atom. The van der Waals surface area contributed by atoms with E-state index >= 15 is 0 Å². The van der Waals surface area contributed by atoms with Gasteiger partial charge in [-0.15, -0.1) is 0 Å². The highest BCUT2D eigenvalue weighted by molar-refractivity contribution is 5.56. The first kappa shape index (κ1) is 15.2. The zero-order valence-electron chi connectivity index (χ0n) is 13.6. The minimum Gasteiger partial charge on any atom is -0.378 e. The summed E-state index contributed by atoms with van der Waals surface area (Å²) in [5.41, 5.74) is 2.60. The number of piperazine rings is 1. The molecule has 0 saturated carbocycles. The lowest BCUT2D eigenvalue weighted by Crippen LogP contribution is -2.57. The number of anilines is 2. The van der Waals surface area contributed by atoms with Gasteiger partial charge < -0.3 is 15.1 Å². The van der Waals surface area contributed by atoms with Crippen LogP contribution in [0.2, 0.25) is 0 Å². The average Bonchev–Trinajstić information content (AvgIpc) is 2.47. The minimum absolute atomic E-state index is 0.556. The van der Waals surface area contributed by atoms with E-state index in [4.69, 9.17) is 0 Å². The molecule has 1 aliphatic rings. The van der Waals surface area contributed by atoms with E-state index in [0.717, 1.165) is 19.0 Å². The van der Waals surface area contributed by atoms with Crippen LogP contribution in [0.15, 0.2) is 24.3 Å². The molecular weight excluding hydrogens is 246 g/mol. The second-order valence-electron chi connectivity index (χ2n) is 6.31. The Balaban J connectivity index is 2.12. The maximum Gasteiger partial charge on any atom is 0.0387 e. The summed E-state index contributed by atoms with van der Waals surface area (Å²) < 4.78 is 0. The molecule has 3 atom stereocenters. The van der Waals surface area contributed by atoms with Crippen LogP contribution in [0, 0.1) is 5.92 Å². The summed E-state index contributed by atoms with van der Waals surface area (Å²) in [6.45, 7) is 9.11. The van der Waals surface area contributed by atoms with Crippen molar-refractivity contribution in [3.05, 3.63) is 24.3 Å². The molecule has 2 rings (SSSR count). The van der Waals surface area contributed by atoms with Gasteiger partial charge in [0.05, 0.1) is 0 Å². The normalized spacial score (nSPS) is 24.6. The second kappa shape index (κ2) is 6.49. The first-order valence-electron chi connectivity index (χ1n) is 7.80. The molecule has 20 heavy (non-hydrogen) atoms. The van der Waals surface area contributed by atoms with Crippen molar-refractivity contribution in [3.8, 4) is 0 Å². The Bertz CT molecular complexity index is 413. The lowest BCUT2D eigenvalue weighted by atomic mass is 9.95. The van der Waals surface area contributed by atoms with Gasteiger partial charge in [-0.05, 0) is 37.1 Å². The monoisotopic (exact) mass is 275 g/mol. The molecule has 3 nitrogen and oxygen atoms in total. The zero-order valence-corrected chi connectivity index (χ0v) is 13.6. The van der Waals surface area contributed by atoms with E-state index in [1.807, 2.05) is 0 Å². The van der Waals surface area contributed by atoms with Gasteiger partial charge in [-0.25, -0.2) is 0 Å². The molecule has 1 fully saturated rings. The molecule has 3 unspecified atom stereocenters. The van der Waals surface area contributed by atoms with Crippen molar-refractivity contribution < 1.29 is 0 Å². The molecule has 1 saturated heterocycles. The van der Waals surface area contributed by atoms with Crippen LogP contribution in [-0.2, 0) is 0 Å². The first-order chi connectivity index (χ1) is 9.52. The largest absolute Gasteiger partial charge is 0.378 e. The van der Waals surface area contributed by atoms with Gasteiger partial charge in [0.25, 0.3) is 0 Å². The molecule has 112 valence electrons. The van der Waals surface area contributed by atoms with Crippen LogP contribution in [0.3, 0.4) is 0 Å². The summed E-state index contributed by atoms with van der Waals surface area (Å²) in [4.78, 5) is 4.69. The van der Waals surface area contributed by atoms with Crippen LogP contribution in [0.1, 0.15) is 27.2 Å². The molecule has 0 spiro atoms. The van der Waals surface area contributed by atoms with E-state index in [-0.39, 0.29) is 0 Å². The molecule has 1 aromatic carbocycles. The van der Waals surface area contributed by atoms with Gasteiger partial charge in [0, 0.05) is 50.6 Å². The quantitative estimate of drug-likeness (QED) is 0.911. The Morgan fingerprint density at radius 2 is 1.95 bits per heavy atom. The third kappa shape index (κ3) is 3.26. The molecule has 0 amide bonds. The summed E-state index contributed by atoms with van der Waals surface area (Å²) in [6, 6.07) is 10.1. The van der Waals surface area contributed by atoms with Crippen LogP contribution >= 0.6 is 0 Å². The molecule has 0 aliphatic carbocycles. The van der Waals surface area contributed by atoms with Gasteiger partial charge in [0.2, 0.25) is 0 Å².